The van der Waals surface area contributed by atoms with E-state index in [1.807, 2.05) is 6.92 Å². The van der Waals surface area contributed by atoms with E-state index in [9.17, 15) is 12.8 Å². The van der Waals surface area contributed by atoms with E-state index in [-0.39, 0.29) is 29.3 Å². The average molecular weight is 309 g/mol. The second-order valence-corrected chi connectivity index (χ2v) is 6.66. The molecule has 1 heterocycles. The quantitative estimate of drug-likeness (QED) is 0.922. The van der Waals surface area contributed by atoms with Crippen LogP contribution in [0.5, 0.6) is 0 Å². The normalized spacial score (nSPS) is 21.9. The second-order valence-electron chi connectivity index (χ2n) is 4.72. The number of sulfonamides is 1. The molecule has 0 spiro atoms. The van der Waals surface area contributed by atoms with Crippen LogP contribution >= 0.6 is 12.4 Å². The summed E-state index contributed by atoms with van der Waals surface area (Å²) in [5, 5.41) is 0. The molecule has 2 N–H and O–H groups in total. The molecule has 1 aliphatic heterocycles. The Hall–Kier alpha value is -0.690. The molecule has 0 aromatic heterocycles. The van der Waals surface area contributed by atoms with Gasteiger partial charge in [0.15, 0.2) is 0 Å². The largest absolute Gasteiger partial charge is 0.328 e. The van der Waals surface area contributed by atoms with Gasteiger partial charge in [0.25, 0.3) is 0 Å². The van der Waals surface area contributed by atoms with Gasteiger partial charge >= 0.3 is 0 Å². The highest BCUT2D eigenvalue weighted by Gasteiger charge is 2.33. The van der Waals surface area contributed by atoms with E-state index in [4.69, 9.17) is 5.73 Å². The molecule has 0 radical (unpaired) electrons. The maximum absolute atomic E-state index is 12.8. The van der Waals surface area contributed by atoms with E-state index in [0.29, 0.717) is 13.1 Å². The number of rotatable bonds is 3. The highest BCUT2D eigenvalue weighted by atomic mass is 35.5. The van der Waals surface area contributed by atoms with Gasteiger partial charge in [-0.25, -0.2) is 12.8 Å². The van der Waals surface area contributed by atoms with Crippen molar-refractivity contribution < 1.29 is 12.8 Å². The summed E-state index contributed by atoms with van der Waals surface area (Å²) >= 11 is 0. The second kappa shape index (κ2) is 6.17. The van der Waals surface area contributed by atoms with Gasteiger partial charge in [0.2, 0.25) is 10.0 Å². The van der Waals surface area contributed by atoms with Crippen molar-refractivity contribution in [2.75, 3.05) is 13.1 Å². The Morgan fingerprint density at radius 3 is 2.42 bits per heavy atom. The zero-order valence-electron chi connectivity index (χ0n) is 10.6. The molecule has 7 heteroatoms. The van der Waals surface area contributed by atoms with Crippen LogP contribution in [0.3, 0.4) is 0 Å². The van der Waals surface area contributed by atoms with Crippen LogP contribution in [0.25, 0.3) is 0 Å². The van der Waals surface area contributed by atoms with E-state index < -0.39 is 15.8 Å². The molecule has 2 atom stereocenters. The van der Waals surface area contributed by atoms with E-state index in [2.05, 4.69) is 0 Å². The molecule has 0 amide bonds. The van der Waals surface area contributed by atoms with Crippen LogP contribution in [0.1, 0.15) is 13.3 Å². The van der Waals surface area contributed by atoms with E-state index in [1.54, 1.807) is 0 Å². The van der Waals surface area contributed by atoms with Gasteiger partial charge in [-0.2, -0.15) is 4.31 Å². The van der Waals surface area contributed by atoms with Gasteiger partial charge in [-0.3, -0.25) is 0 Å². The van der Waals surface area contributed by atoms with Crippen molar-refractivity contribution in [1.29, 1.82) is 0 Å². The molecule has 2 rings (SSSR count). The minimum atomic E-state index is -3.51. The van der Waals surface area contributed by atoms with Crippen LogP contribution in [0, 0.1) is 11.7 Å². The number of hydrogen-bond donors (Lipinski definition) is 1. The first-order valence-corrected chi connectivity index (χ1v) is 7.36. The summed E-state index contributed by atoms with van der Waals surface area (Å²) in [6.07, 6.45) is 0.776. The minimum absolute atomic E-state index is 0. The molecular weight excluding hydrogens is 291 g/mol. The van der Waals surface area contributed by atoms with Crippen LogP contribution in [0.2, 0.25) is 0 Å². The Morgan fingerprint density at radius 2 is 1.95 bits per heavy atom. The Kier molecular flexibility index (Phi) is 5.32. The third kappa shape index (κ3) is 3.45. The monoisotopic (exact) mass is 308 g/mol. The van der Waals surface area contributed by atoms with Crippen molar-refractivity contribution >= 4 is 22.4 Å². The fourth-order valence-corrected chi connectivity index (χ4v) is 3.67. The maximum atomic E-state index is 12.8. The highest BCUT2D eigenvalue weighted by molar-refractivity contribution is 7.89. The molecule has 2 unspecified atom stereocenters. The first kappa shape index (κ1) is 16.4. The minimum Gasteiger partial charge on any atom is -0.328 e. The Morgan fingerprint density at radius 1 is 1.37 bits per heavy atom. The van der Waals surface area contributed by atoms with Gasteiger partial charge < -0.3 is 5.73 Å². The van der Waals surface area contributed by atoms with Crippen molar-refractivity contribution in [2.24, 2.45) is 11.7 Å². The average Bonchev–Trinajstić information content (AvgIpc) is 2.79. The third-order valence-corrected chi connectivity index (χ3v) is 5.26. The molecule has 1 saturated heterocycles. The summed E-state index contributed by atoms with van der Waals surface area (Å²) in [4.78, 5) is 0.134. The van der Waals surface area contributed by atoms with Crippen molar-refractivity contribution in [3.63, 3.8) is 0 Å². The Balaban J connectivity index is 0.00000180. The van der Waals surface area contributed by atoms with Gasteiger partial charge in [-0.1, -0.05) is 0 Å². The predicted octanol–water partition coefficient (Wildman–Crippen LogP) is 1.61. The third-order valence-electron chi connectivity index (χ3n) is 3.38. The SMILES string of the molecule is CC(N)C1CCN(S(=O)(=O)c2ccc(F)cc2)C1.Cl. The lowest BCUT2D eigenvalue weighted by atomic mass is 10.0. The van der Waals surface area contributed by atoms with Gasteiger partial charge in [-0.05, 0) is 43.5 Å². The zero-order chi connectivity index (χ0) is 13.3. The maximum Gasteiger partial charge on any atom is 0.243 e. The smallest absolute Gasteiger partial charge is 0.243 e. The molecule has 1 aromatic carbocycles. The summed E-state index contributed by atoms with van der Waals surface area (Å²) < 4.78 is 38.8. The lowest BCUT2D eigenvalue weighted by Gasteiger charge is -2.18. The first-order chi connectivity index (χ1) is 8.41. The van der Waals surface area contributed by atoms with Crippen molar-refractivity contribution in [3.05, 3.63) is 30.1 Å². The predicted molar refractivity (Wildman–Crippen MR) is 74.2 cm³/mol. The fraction of sp³-hybridized carbons (Fsp3) is 0.500. The van der Waals surface area contributed by atoms with Crippen molar-refractivity contribution in [2.45, 2.75) is 24.3 Å². The molecule has 0 bridgehead atoms. The van der Waals surface area contributed by atoms with Crippen LogP contribution in [0.4, 0.5) is 4.39 Å². The number of hydrogen-bond acceptors (Lipinski definition) is 3. The molecule has 108 valence electrons. The summed E-state index contributed by atoms with van der Waals surface area (Å²) in [5.74, 6) is -0.246. The summed E-state index contributed by atoms with van der Waals surface area (Å²) in [6, 6.07) is 4.89. The standard InChI is InChI=1S/C12H17FN2O2S.ClH/c1-9(14)10-6-7-15(8-10)18(16,17)12-4-2-11(13)3-5-12;/h2-5,9-10H,6-8,14H2,1H3;1H. The van der Waals surface area contributed by atoms with Crippen molar-refractivity contribution in [1.82, 2.24) is 4.31 Å². The molecule has 1 fully saturated rings. The van der Waals surface area contributed by atoms with Gasteiger partial charge in [0, 0.05) is 19.1 Å². The van der Waals surface area contributed by atoms with Gasteiger partial charge in [-0.15, -0.1) is 12.4 Å². The highest BCUT2D eigenvalue weighted by Crippen LogP contribution is 2.25. The molecule has 1 aromatic rings. The molecule has 19 heavy (non-hydrogen) atoms. The lowest BCUT2D eigenvalue weighted by molar-refractivity contribution is 0.429. The van der Waals surface area contributed by atoms with Gasteiger partial charge in [0.05, 0.1) is 4.90 Å². The Labute approximate surface area is 119 Å². The molecule has 0 saturated carbocycles. The van der Waals surface area contributed by atoms with Crippen LogP contribution in [-0.4, -0.2) is 31.9 Å². The zero-order valence-corrected chi connectivity index (χ0v) is 12.3. The van der Waals surface area contributed by atoms with Crippen LogP contribution in [-0.2, 0) is 10.0 Å². The number of halogens is 2. The molecule has 0 aliphatic carbocycles. The fourth-order valence-electron chi connectivity index (χ4n) is 2.16. The van der Waals surface area contributed by atoms with Crippen molar-refractivity contribution in [3.8, 4) is 0 Å². The lowest BCUT2D eigenvalue weighted by Crippen LogP contribution is -2.33. The van der Waals surface area contributed by atoms with Crippen LogP contribution < -0.4 is 5.73 Å². The number of nitrogens with two attached hydrogens (primary N) is 1. The van der Waals surface area contributed by atoms with E-state index in [1.165, 1.54) is 16.4 Å². The van der Waals surface area contributed by atoms with Gasteiger partial charge in [0.1, 0.15) is 5.82 Å². The summed E-state index contributed by atoms with van der Waals surface area (Å²) in [5.41, 5.74) is 5.79. The Bertz CT molecular complexity index is 519. The van der Waals surface area contributed by atoms with E-state index >= 15 is 0 Å². The number of nitrogens with zero attached hydrogens (tertiary/aromatic N) is 1. The number of benzene rings is 1. The summed E-state index contributed by atoms with van der Waals surface area (Å²) in [6.45, 7) is 2.81. The molecular formula is C12H18ClFN2O2S. The topological polar surface area (TPSA) is 63.4 Å². The van der Waals surface area contributed by atoms with Crippen LogP contribution in [0.15, 0.2) is 29.2 Å². The first-order valence-electron chi connectivity index (χ1n) is 5.92. The summed E-state index contributed by atoms with van der Waals surface area (Å²) in [7, 11) is -3.51. The molecule has 1 aliphatic rings. The van der Waals surface area contributed by atoms with E-state index in [0.717, 1.165) is 18.6 Å². The molecule has 4 nitrogen and oxygen atoms in total.